The van der Waals surface area contributed by atoms with E-state index in [0.29, 0.717) is 16.9 Å². The molecule has 21 heavy (non-hydrogen) atoms. The number of pyridine rings is 1. The van der Waals surface area contributed by atoms with Crippen molar-refractivity contribution >= 4 is 11.7 Å². The predicted octanol–water partition coefficient (Wildman–Crippen LogP) is 3.30. The molecule has 1 aromatic carbocycles. The summed E-state index contributed by atoms with van der Waals surface area (Å²) in [6.45, 7) is 5.13. The number of para-hydroxylation sites is 1. The first kappa shape index (κ1) is 13.5. The van der Waals surface area contributed by atoms with Gasteiger partial charge in [-0.05, 0) is 39.0 Å². The highest BCUT2D eigenvalue weighted by molar-refractivity contribution is 6.09. The SMILES string of the molecule is Cc1ccc(N2C(=O)c3ccccc3OC2(C)C)nc1F. The number of hydrogen-bond acceptors (Lipinski definition) is 3. The molecule has 0 aliphatic carbocycles. The Balaban J connectivity index is 2.13. The van der Waals surface area contributed by atoms with E-state index in [1.807, 2.05) is 6.07 Å². The molecule has 1 amide bonds. The first-order chi connectivity index (χ1) is 9.90. The van der Waals surface area contributed by atoms with Crippen LogP contribution in [0.1, 0.15) is 29.8 Å². The number of amides is 1. The monoisotopic (exact) mass is 286 g/mol. The molecule has 0 spiro atoms. The molecule has 2 heterocycles. The Morgan fingerprint density at radius 1 is 1.19 bits per heavy atom. The number of hydrogen-bond donors (Lipinski definition) is 0. The molecule has 1 aromatic heterocycles. The largest absolute Gasteiger partial charge is 0.467 e. The van der Waals surface area contributed by atoms with Gasteiger partial charge in [-0.3, -0.25) is 9.69 Å². The minimum Gasteiger partial charge on any atom is -0.467 e. The molecule has 0 fully saturated rings. The lowest BCUT2D eigenvalue weighted by Crippen LogP contribution is -2.55. The van der Waals surface area contributed by atoms with Crippen molar-refractivity contribution in [3.8, 4) is 5.75 Å². The van der Waals surface area contributed by atoms with E-state index in [1.165, 1.54) is 4.90 Å². The maximum absolute atomic E-state index is 13.7. The van der Waals surface area contributed by atoms with Crippen LogP contribution >= 0.6 is 0 Å². The number of aryl methyl sites for hydroxylation is 1. The van der Waals surface area contributed by atoms with E-state index < -0.39 is 11.7 Å². The van der Waals surface area contributed by atoms with Gasteiger partial charge < -0.3 is 4.74 Å². The highest BCUT2D eigenvalue weighted by Gasteiger charge is 2.41. The molecule has 2 aromatic rings. The van der Waals surface area contributed by atoms with Gasteiger partial charge in [-0.25, -0.2) is 4.98 Å². The summed E-state index contributed by atoms with van der Waals surface area (Å²) in [5.74, 6) is -0.0773. The van der Waals surface area contributed by atoms with Gasteiger partial charge in [-0.2, -0.15) is 4.39 Å². The van der Waals surface area contributed by atoms with Crippen molar-refractivity contribution in [1.29, 1.82) is 0 Å². The Bertz CT molecular complexity index is 728. The first-order valence-corrected chi connectivity index (χ1v) is 6.66. The molecule has 4 nitrogen and oxygen atoms in total. The Kier molecular flexibility index (Phi) is 2.93. The predicted molar refractivity (Wildman–Crippen MR) is 76.9 cm³/mol. The molecule has 0 saturated heterocycles. The fraction of sp³-hybridized carbons (Fsp3) is 0.250. The van der Waals surface area contributed by atoms with Gasteiger partial charge in [0, 0.05) is 5.56 Å². The number of nitrogens with zero attached hydrogens (tertiary/aromatic N) is 2. The molecule has 1 aliphatic heterocycles. The van der Waals surface area contributed by atoms with Crippen LogP contribution in [0.5, 0.6) is 5.75 Å². The summed E-state index contributed by atoms with van der Waals surface area (Å²) in [7, 11) is 0. The van der Waals surface area contributed by atoms with Gasteiger partial charge >= 0.3 is 0 Å². The van der Waals surface area contributed by atoms with Crippen LogP contribution in [0.3, 0.4) is 0 Å². The number of aromatic nitrogens is 1. The van der Waals surface area contributed by atoms with E-state index in [-0.39, 0.29) is 11.7 Å². The summed E-state index contributed by atoms with van der Waals surface area (Å²) >= 11 is 0. The first-order valence-electron chi connectivity index (χ1n) is 6.66. The van der Waals surface area contributed by atoms with Crippen LogP contribution in [0.25, 0.3) is 0 Å². The summed E-state index contributed by atoms with van der Waals surface area (Å²) in [4.78, 5) is 18.0. The van der Waals surface area contributed by atoms with Crippen LogP contribution in [0.4, 0.5) is 10.2 Å². The molecule has 0 atom stereocenters. The zero-order valence-corrected chi connectivity index (χ0v) is 12.1. The third-order valence-corrected chi connectivity index (χ3v) is 3.47. The lowest BCUT2D eigenvalue weighted by Gasteiger charge is -2.41. The number of carbonyl (C=O) groups is 1. The molecule has 108 valence electrons. The summed E-state index contributed by atoms with van der Waals surface area (Å²) in [5, 5.41) is 0. The molecule has 5 heteroatoms. The molecule has 0 saturated carbocycles. The van der Waals surface area contributed by atoms with Crippen LogP contribution in [-0.4, -0.2) is 16.6 Å². The van der Waals surface area contributed by atoms with Crippen LogP contribution < -0.4 is 9.64 Å². The van der Waals surface area contributed by atoms with Crippen molar-refractivity contribution in [2.75, 3.05) is 4.90 Å². The van der Waals surface area contributed by atoms with Crippen molar-refractivity contribution in [3.05, 3.63) is 53.5 Å². The highest BCUT2D eigenvalue weighted by Crippen LogP contribution is 2.35. The van der Waals surface area contributed by atoms with Gasteiger partial charge in [0.1, 0.15) is 11.6 Å². The molecule has 0 bridgehead atoms. The van der Waals surface area contributed by atoms with Crippen LogP contribution in [0.2, 0.25) is 0 Å². The number of rotatable bonds is 1. The average Bonchev–Trinajstić information content (AvgIpc) is 2.42. The zero-order chi connectivity index (χ0) is 15.2. The van der Waals surface area contributed by atoms with Crippen LogP contribution in [-0.2, 0) is 0 Å². The Morgan fingerprint density at radius 2 is 1.90 bits per heavy atom. The summed E-state index contributed by atoms with van der Waals surface area (Å²) < 4.78 is 19.6. The normalized spacial score (nSPS) is 16.4. The van der Waals surface area contributed by atoms with Crippen LogP contribution in [0, 0.1) is 12.9 Å². The molecular formula is C16H15FN2O2. The Labute approximate surface area is 122 Å². The third kappa shape index (κ3) is 2.14. The van der Waals surface area contributed by atoms with E-state index in [1.54, 1.807) is 51.1 Å². The zero-order valence-electron chi connectivity index (χ0n) is 12.1. The molecule has 0 N–H and O–H groups in total. The van der Waals surface area contributed by atoms with Crippen molar-refractivity contribution in [1.82, 2.24) is 4.98 Å². The number of ether oxygens (including phenoxy) is 1. The average molecular weight is 286 g/mol. The number of halogens is 1. The maximum atomic E-state index is 13.7. The molecular weight excluding hydrogens is 271 g/mol. The van der Waals surface area contributed by atoms with Gasteiger partial charge in [-0.1, -0.05) is 18.2 Å². The van der Waals surface area contributed by atoms with Gasteiger partial charge in [-0.15, -0.1) is 0 Å². The number of fused-ring (bicyclic) bond motifs is 1. The van der Waals surface area contributed by atoms with E-state index in [9.17, 15) is 9.18 Å². The number of carbonyl (C=O) groups excluding carboxylic acids is 1. The van der Waals surface area contributed by atoms with E-state index in [2.05, 4.69) is 4.98 Å². The molecule has 0 unspecified atom stereocenters. The van der Waals surface area contributed by atoms with Crippen LogP contribution in [0.15, 0.2) is 36.4 Å². The lowest BCUT2D eigenvalue weighted by atomic mass is 10.1. The summed E-state index contributed by atoms with van der Waals surface area (Å²) in [5.41, 5.74) is -0.0675. The second kappa shape index (κ2) is 4.55. The van der Waals surface area contributed by atoms with Gasteiger partial charge in [0.15, 0.2) is 5.72 Å². The highest BCUT2D eigenvalue weighted by atomic mass is 19.1. The van der Waals surface area contributed by atoms with Gasteiger partial charge in [0.05, 0.1) is 5.56 Å². The molecule has 3 rings (SSSR count). The number of anilines is 1. The second-order valence-electron chi connectivity index (χ2n) is 5.46. The van der Waals surface area contributed by atoms with E-state index >= 15 is 0 Å². The minimum atomic E-state index is -0.944. The van der Waals surface area contributed by atoms with Crippen molar-refractivity contribution in [2.24, 2.45) is 0 Å². The quantitative estimate of drug-likeness (QED) is 0.755. The van der Waals surface area contributed by atoms with Gasteiger partial charge in [0.25, 0.3) is 5.91 Å². The topological polar surface area (TPSA) is 42.4 Å². The minimum absolute atomic E-state index is 0.239. The smallest absolute Gasteiger partial charge is 0.266 e. The van der Waals surface area contributed by atoms with Crippen molar-refractivity contribution in [3.63, 3.8) is 0 Å². The van der Waals surface area contributed by atoms with E-state index in [0.717, 1.165) is 0 Å². The van der Waals surface area contributed by atoms with Gasteiger partial charge in [0.2, 0.25) is 5.95 Å². The fourth-order valence-electron chi connectivity index (χ4n) is 2.41. The van der Waals surface area contributed by atoms with Crippen molar-refractivity contribution < 1.29 is 13.9 Å². The lowest BCUT2D eigenvalue weighted by molar-refractivity contribution is 0.0630. The Hall–Kier alpha value is -2.43. The standard InChI is InChI=1S/C16H15FN2O2/c1-10-8-9-13(18-14(10)17)19-15(20)11-6-4-5-7-12(11)21-16(19,2)3/h4-9H,1-3H3. The summed E-state index contributed by atoms with van der Waals surface area (Å²) in [6, 6.07) is 10.2. The Morgan fingerprint density at radius 3 is 2.62 bits per heavy atom. The van der Waals surface area contributed by atoms with E-state index in [4.69, 9.17) is 4.74 Å². The van der Waals surface area contributed by atoms with Crippen molar-refractivity contribution in [2.45, 2.75) is 26.5 Å². The maximum Gasteiger partial charge on any atom is 0.266 e. The fourth-order valence-corrected chi connectivity index (χ4v) is 2.41. The number of benzene rings is 1. The molecule has 1 aliphatic rings. The summed E-state index contributed by atoms with van der Waals surface area (Å²) in [6.07, 6.45) is 0. The second-order valence-corrected chi connectivity index (χ2v) is 5.46. The third-order valence-electron chi connectivity index (χ3n) is 3.47. The molecule has 0 radical (unpaired) electrons.